The summed E-state index contributed by atoms with van der Waals surface area (Å²) in [7, 11) is 1.47. The van der Waals surface area contributed by atoms with Crippen LogP contribution in [-0.2, 0) is 19.1 Å². The van der Waals surface area contributed by atoms with Crippen LogP contribution < -0.4 is 15.0 Å². The number of halogens is 2. The highest BCUT2D eigenvalue weighted by Crippen LogP contribution is 2.28. The Labute approximate surface area is 181 Å². The minimum atomic E-state index is -0.625. The summed E-state index contributed by atoms with van der Waals surface area (Å²) in [6.45, 7) is -0.263. The lowest BCUT2D eigenvalue weighted by atomic mass is 10.1. The molecule has 1 aliphatic rings. The van der Waals surface area contributed by atoms with Gasteiger partial charge in [0.1, 0.15) is 5.75 Å². The van der Waals surface area contributed by atoms with E-state index in [1.165, 1.54) is 18.1 Å². The fraction of sp³-hybridized carbons (Fsp3) is 0.250. The molecule has 7 nitrogen and oxygen atoms in total. The van der Waals surface area contributed by atoms with Gasteiger partial charge < -0.3 is 19.7 Å². The molecule has 1 aliphatic heterocycles. The number of amides is 2. The Morgan fingerprint density at radius 2 is 1.97 bits per heavy atom. The van der Waals surface area contributed by atoms with Crippen LogP contribution in [0.2, 0.25) is 5.02 Å². The van der Waals surface area contributed by atoms with Crippen molar-refractivity contribution in [2.75, 3.05) is 30.5 Å². The number of esters is 1. The van der Waals surface area contributed by atoms with E-state index in [4.69, 9.17) is 21.1 Å². The molecule has 0 unspecified atom stereocenters. The molecule has 0 aliphatic carbocycles. The molecule has 2 aromatic carbocycles. The van der Waals surface area contributed by atoms with Crippen molar-refractivity contribution in [2.24, 2.45) is 5.92 Å². The summed E-state index contributed by atoms with van der Waals surface area (Å²) in [5, 5.41) is 3.02. The zero-order valence-electron chi connectivity index (χ0n) is 15.5. The lowest BCUT2D eigenvalue weighted by Crippen LogP contribution is -2.28. The van der Waals surface area contributed by atoms with Crippen molar-refractivity contribution in [1.29, 1.82) is 0 Å². The number of nitrogens with one attached hydrogen (secondary N) is 1. The summed E-state index contributed by atoms with van der Waals surface area (Å²) in [5.41, 5.74) is 1.08. The number of benzene rings is 2. The van der Waals surface area contributed by atoms with E-state index in [0.29, 0.717) is 22.1 Å². The number of nitrogens with zero attached hydrogens (tertiary/aromatic N) is 1. The van der Waals surface area contributed by atoms with Crippen molar-refractivity contribution in [1.82, 2.24) is 0 Å². The van der Waals surface area contributed by atoms with Gasteiger partial charge in [0, 0.05) is 28.1 Å². The summed E-state index contributed by atoms with van der Waals surface area (Å²) in [6.07, 6.45) is 0.0403. The summed E-state index contributed by atoms with van der Waals surface area (Å²) in [6, 6.07) is 12.0. The van der Waals surface area contributed by atoms with Crippen molar-refractivity contribution in [3.8, 4) is 5.75 Å². The highest BCUT2D eigenvalue weighted by Gasteiger charge is 2.36. The van der Waals surface area contributed by atoms with Crippen molar-refractivity contribution in [2.45, 2.75) is 6.42 Å². The predicted octanol–water partition coefficient (Wildman–Crippen LogP) is 3.65. The molecule has 29 heavy (non-hydrogen) atoms. The minimum absolute atomic E-state index is 0.0403. The Bertz CT molecular complexity index is 935. The van der Waals surface area contributed by atoms with Gasteiger partial charge in [0.25, 0.3) is 5.91 Å². The van der Waals surface area contributed by atoms with Gasteiger partial charge in [-0.05, 0) is 42.5 Å². The minimum Gasteiger partial charge on any atom is -0.495 e. The first-order valence-corrected chi connectivity index (χ1v) is 9.90. The van der Waals surface area contributed by atoms with E-state index < -0.39 is 24.4 Å². The van der Waals surface area contributed by atoms with E-state index in [2.05, 4.69) is 21.2 Å². The molecule has 1 heterocycles. The number of carbonyl (C=O) groups is 3. The summed E-state index contributed by atoms with van der Waals surface area (Å²) in [4.78, 5) is 38.2. The van der Waals surface area contributed by atoms with Crippen LogP contribution in [0.25, 0.3) is 0 Å². The third-order valence-electron chi connectivity index (χ3n) is 4.38. The molecule has 0 spiro atoms. The van der Waals surface area contributed by atoms with Crippen molar-refractivity contribution in [3.05, 3.63) is 52.0 Å². The molecule has 1 N–H and O–H groups in total. The molecule has 0 aromatic heterocycles. The van der Waals surface area contributed by atoms with Crippen LogP contribution in [0, 0.1) is 5.92 Å². The molecule has 152 valence electrons. The lowest BCUT2D eigenvalue weighted by Gasteiger charge is -2.16. The number of methoxy groups -OCH3 is 1. The Morgan fingerprint density at radius 1 is 1.24 bits per heavy atom. The van der Waals surface area contributed by atoms with Gasteiger partial charge in [0.15, 0.2) is 6.61 Å². The Morgan fingerprint density at radius 3 is 2.66 bits per heavy atom. The van der Waals surface area contributed by atoms with Gasteiger partial charge >= 0.3 is 5.97 Å². The topological polar surface area (TPSA) is 84.9 Å². The van der Waals surface area contributed by atoms with E-state index in [0.717, 1.165) is 4.47 Å². The molecule has 3 rings (SSSR count). The molecular formula is C20H18BrClN2O5. The van der Waals surface area contributed by atoms with E-state index in [1.807, 2.05) is 12.1 Å². The molecule has 1 atom stereocenters. The number of hydrogen-bond donors (Lipinski definition) is 1. The second-order valence-electron chi connectivity index (χ2n) is 6.38. The van der Waals surface area contributed by atoms with E-state index in [-0.39, 0.29) is 18.9 Å². The highest BCUT2D eigenvalue weighted by atomic mass is 79.9. The summed E-state index contributed by atoms with van der Waals surface area (Å²) in [5.74, 6) is -1.48. The highest BCUT2D eigenvalue weighted by molar-refractivity contribution is 9.10. The second-order valence-corrected chi connectivity index (χ2v) is 7.73. The van der Waals surface area contributed by atoms with Gasteiger partial charge in [-0.25, -0.2) is 0 Å². The summed E-state index contributed by atoms with van der Waals surface area (Å²) < 4.78 is 11.2. The number of rotatable bonds is 6. The maximum Gasteiger partial charge on any atom is 0.311 e. The monoisotopic (exact) mass is 480 g/mol. The van der Waals surface area contributed by atoms with Crippen molar-refractivity contribution < 1.29 is 23.9 Å². The normalized spacial score (nSPS) is 15.9. The molecule has 0 bridgehead atoms. The lowest BCUT2D eigenvalue weighted by molar-refractivity contribution is -0.151. The molecule has 0 saturated carbocycles. The Hall–Kier alpha value is -2.58. The number of carbonyl (C=O) groups excluding carboxylic acids is 3. The van der Waals surface area contributed by atoms with Crippen LogP contribution >= 0.6 is 27.5 Å². The number of anilines is 2. The zero-order chi connectivity index (χ0) is 21.0. The smallest absolute Gasteiger partial charge is 0.311 e. The van der Waals surface area contributed by atoms with Crippen LogP contribution in [0.3, 0.4) is 0 Å². The molecule has 2 aromatic rings. The Balaban J connectivity index is 1.54. The van der Waals surface area contributed by atoms with Crippen LogP contribution in [0.4, 0.5) is 11.4 Å². The van der Waals surface area contributed by atoms with Crippen molar-refractivity contribution in [3.63, 3.8) is 0 Å². The maximum absolute atomic E-state index is 12.3. The first kappa shape index (κ1) is 21.1. The van der Waals surface area contributed by atoms with Gasteiger partial charge in [0.2, 0.25) is 5.91 Å². The van der Waals surface area contributed by atoms with Gasteiger partial charge in [-0.1, -0.05) is 27.5 Å². The largest absolute Gasteiger partial charge is 0.495 e. The molecule has 2 amide bonds. The van der Waals surface area contributed by atoms with Crippen LogP contribution in [-0.4, -0.2) is 38.0 Å². The standard InChI is InChI=1S/C20H18BrClN2O5/c1-28-17-7-4-14(22)9-16(17)23-18(25)11-29-20(27)12-8-19(26)24(10-12)15-5-2-13(21)3-6-15/h2-7,9,12H,8,10-11H2,1H3,(H,23,25)/t12-/m0/s1. The van der Waals surface area contributed by atoms with Crippen LogP contribution in [0.15, 0.2) is 46.9 Å². The van der Waals surface area contributed by atoms with Crippen LogP contribution in [0.5, 0.6) is 5.75 Å². The average Bonchev–Trinajstić information content (AvgIpc) is 3.09. The third-order valence-corrected chi connectivity index (χ3v) is 5.14. The van der Waals surface area contributed by atoms with E-state index in [9.17, 15) is 14.4 Å². The van der Waals surface area contributed by atoms with E-state index >= 15 is 0 Å². The fourth-order valence-corrected chi connectivity index (χ4v) is 3.39. The number of ether oxygens (including phenoxy) is 2. The SMILES string of the molecule is COc1ccc(Cl)cc1NC(=O)COC(=O)[C@H]1CC(=O)N(c2ccc(Br)cc2)C1. The summed E-state index contributed by atoms with van der Waals surface area (Å²) >= 11 is 9.27. The maximum atomic E-state index is 12.3. The second kappa shape index (κ2) is 9.28. The Kier molecular flexibility index (Phi) is 6.76. The third kappa shape index (κ3) is 5.27. The van der Waals surface area contributed by atoms with Gasteiger partial charge in [-0.3, -0.25) is 14.4 Å². The first-order valence-electron chi connectivity index (χ1n) is 8.73. The molecule has 1 fully saturated rings. The van der Waals surface area contributed by atoms with Gasteiger partial charge in [-0.2, -0.15) is 0 Å². The molecule has 9 heteroatoms. The predicted molar refractivity (Wildman–Crippen MR) is 112 cm³/mol. The van der Waals surface area contributed by atoms with Gasteiger partial charge in [0.05, 0.1) is 18.7 Å². The quantitative estimate of drug-likeness (QED) is 0.637. The zero-order valence-corrected chi connectivity index (χ0v) is 17.8. The van der Waals surface area contributed by atoms with Crippen LogP contribution in [0.1, 0.15) is 6.42 Å². The molecule has 1 saturated heterocycles. The first-order chi connectivity index (χ1) is 13.9. The van der Waals surface area contributed by atoms with E-state index in [1.54, 1.807) is 24.3 Å². The number of hydrogen-bond acceptors (Lipinski definition) is 5. The molecular weight excluding hydrogens is 464 g/mol. The van der Waals surface area contributed by atoms with Gasteiger partial charge in [-0.15, -0.1) is 0 Å². The molecule has 0 radical (unpaired) electrons. The fourth-order valence-electron chi connectivity index (χ4n) is 2.95. The average molecular weight is 482 g/mol. The van der Waals surface area contributed by atoms with Crippen molar-refractivity contribution >= 4 is 56.7 Å².